The van der Waals surface area contributed by atoms with Crippen LogP contribution in [0.15, 0.2) is 60.0 Å². The Balaban J connectivity index is 1.81. The summed E-state index contributed by atoms with van der Waals surface area (Å²) in [5.74, 6) is -0.252. The van der Waals surface area contributed by atoms with Crippen LogP contribution in [0.4, 0.5) is 0 Å². The number of carbonyl (C=O) groups is 1. The first-order valence-corrected chi connectivity index (χ1v) is 9.99. The van der Waals surface area contributed by atoms with Crippen molar-refractivity contribution in [2.75, 3.05) is 13.2 Å². The van der Waals surface area contributed by atoms with E-state index in [1.807, 2.05) is 54.6 Å². The average molecular weight is 373 g/mol. The molecule has 0 aliphatic heterocycles. The number of sulfonamides is 1. The maximum absolute atomic E-state index is 12.0. The number of nitrogens with one attached hydrogen (secondary N) is 1. The Hall–Kier alpha value is -2.44. The zero-order chi connectivity index (χ0) is 18.8. The first-order valence-electron chi connectivity index (χ1n) is 8.45. The van der Waals surface area contributed by atoms with Crippen molar-refractivity contribution in [3.8, 4) is 0 Å². The number of rotatable bonds is 9. The standard InChI is InChI=1S/C20H23NO4S/c1-2-25-20(22)16-19-10-8-18(9-11-19)12-14-21-26(23,24)15-13-17-6-4-3-5-7-17/h3-11,13,15,21H,2,12,14,16H2,1H3/b15-13+. The molecule has 0 amide bonds. The Morgan fingerprint density at radius 3 is 2.35 bits per heavy atom. The third kappa shape index (κ3) is 7.21. The summed E-state index contributed by atoms with van der Waals surface area (Å²) >= 11 is 0. The average Bonchev–Trinajstić information content (AvgIpc) is 2.63. The summed E-state index contributed by atoms with van der Waals surface area (Å²) in [6.07, 6.45) is 2.37. The minimum absolute atomic E-state index is 0.241. The molecule has 2 aromatic rings. The largest absolute Gasteiger partial charge is 0.466 e. The quantitative estimate of drug-likeness (QED) is 0.686. The highest BCUT2D eigenvalue weighted by Crippen LogP contribution is 2.07. The van der Waals surface area contributed by atoms with E-state index in [0.717, 1.165) is 16.7 Å². The number of ether oxygens (including phenoxy) is 1. The van der Waals surface area contributed by atoms with E-state index in [1.165, 1.54) is 5.41 Å². The van der Waals surface area contributed by atoms with Gasteiger partial charge in [0.25, 0.3) is 0 Å². The normalized spacial score (nSPS) is 11.6. The van der Waals surface area contributed by atoms with Crippen LogP contribution in [0.3, 0.4) is 0 Å². The van der Waals surface area contributed by atoms with E-state index in [2.05, 4.69) is 4.72 Å². The smallest absolute Gasteiger partial charge is 0.310 e. The molecule has 26 heavy (non-hydrogen) atoms. The molecule has 0 fully saturated rings. The molecule has 5 nitrogen and oxygen atoms in total. The van der Waals surface area contributed by atoms with Crippen LogP contribution in [-0.4, -0.2) is 27.5 Å². The van der Waals surface area contributed by atoms with E-state index in [9.17, 15) is 13.2 Å². The van der Waals surface area contributed by atoms with Crippen LogP contribution in [0.2, 0.25) is 0 Å². The molecule has 0 aliphatic carbocycles. The molecule has 2 rings (SSSR count). The van der Waals surface area contributed by atoms with Crippen LogP contribution in [-0.2, 0) is 32.4 Å². The Kier molecular flexibility index (Phi) is 7.56. The van der Waals surface area contributed by atoms with E-state index in [4.69, 9.17) is 4.74 Å². The van der Waals surface area contributed by atoms with Gasteiger partial charge in [-0.2, -0.15) is 0 Å². The Bertz CT molecular complexity index is 828. The van der Waals surface area contributed by atoms with Crippen LogP contribution in [0.1, 0.15) is 23.6 Å². The molecule has 6 heteroatoms. The predicted octanol–water partition coefficient (Wildman–Crippen LogP) is 2.93. The molecule has 0 saturated carbocycles. The molecule has 138 valence electrons. The fraction of sp³-hybridized carbons (Fsp3) is 0.250. The predicted molar refractivity (Wildman–Crippen MR) is 103 cm³/mol. The van der Waals surface area contributed by atoms with Crippen LogP contribution in [0.5, 0.6) is 0 Å². The molecule has 0 spiro atoms. The number of hydrogen-bond donors (Lipinski definition) is 1. The lowest BCUT2D eigenvalue weighted by Crippen LogP contribution is -2.23. The van der Waals surface area contributed by atoms with E-state index in [-0.39, 0.29) is 12.4 Å². The molecular formula is C20H23NO4S. The van der Waals surface area contributed by atoms with Crippen LogP contribution in [0.25, 0.3) is 6.08 Å². The third-order valence-corrected chi connectivity index (χ3v) is 4.73. The molecule has 0 saturated heterocycles. The van der Waals surface area contributed by atoms with Crippen molar-refractivity contribution in [2.24, 2.45) is 0 Å². The van der Waals surface area contributed by atoms with E-state index in [1.54, 1.807) is 13.0 Å². The van der Waals surface area contributed by atoms with Gasteiger partial charge in [0.15, 0.2) is 0 Å². The highest BCUT2D eigenvalue weighted by Gasteiger charge is 2.06. The van der Waals surface area contributed by atoms with Crippen molar-refractivity contribution in [3.05, 3.63) is 76.7 Å². The monoisotopic (exact) mass is 373 g/mol. The minimum atomic E-state index is -3.47. The molecule has 0 aliphatic rings. The summed E-state index contributed by atoms with van der Waals surface area (Å²) in [5, 5.41) is 1.17. The van der Waals surface area contributed by atoms with Crippen LogP contribution >= 0.6 is 0 Å². The summed E-state index contributed by atoms with van der Waals surface area (Å²) in [6.45, 7) is 2.45. The first kappa shape index (κ1) is 19.9. The van der Waals surface area contributed by atoms with E-state index >= 15 is 0 Å². The van der Waals surface area contributed by atoms with Crippen LogP contribution < -0.4 is 4.72 Å². The van der Waals surface area contributed by atoms with E-state index in [0.29, 0.717) is 19.6 Å². The Morgan fingerprint density at radius 1 is 1.04 bits per heavy atom. The Morgan fingerprint density at radius 2 is 1.69 bits per heavy atom. The van der Waals surface area contributed by atoms with Gasteiger partial charge in [-0.05, 0) is 36.1 Å². The lowest BCUT2D eigenvalue weighted by Gasteiger charge is -2.05. The fourth-order valence-electron chi connectivity index (χ4n) is 2.32. The molecule has 0 bridgehead atoms. The summed E-state index contributed by atoms with van der Waals surface area (Å²) in [5.41, 5.74) is 2.70. The van der Waals surface area contributed by atoms with Gasteiger partial charge >= 0.3 is 5.97 Å². The lowest BCUT2D eigenvalue weighted by molar-refractivity contribution is -0.142. The zero-order valence-electron chi connectivity index (χ0n) is 14.7. The molecule has 0 aromatic heterocycles. The van der Waals surface area contributed by atoms with Crippen molar-refractivity contribution in [3.63, 3.8) is 0 Å². The number of carbonyl (C=O) groups excluding carboxylic acids is 1. The highest BCUT2D eigenvalue weighted by atomic mass is 32.2. The van der Waals surface area contributed by atoms with Crippen molar-refractivity contribution < 1.29 is 17.9 Å². The minimum Gasteiger partial charge on any atom is -0.466 e. The molecular weight excluding hydrogens is 350 g/mol. The van der Waals surface area contributed by atoms with Crippen molar-refractivity contribution in [1.82, 2.24) is 4.72 Å². The van der Waals surface area contributed by atoms with Crippen LogP contribution in [0, 0.1) is 0 Å². The molecule has 2 aromatic carbocycles. The van der Waals surface area contributed by atoms with Crippen molar-refractivity contribution >= 4 is 22.1 Å². The maximum Gasteiger partial charge on any atom is 0.310 e. The number of esters is 1. The van der Waals surface area contributed by atoms with Gasteiger partial charge in [0.05, 0.1) is 13.0 Å². The summed E-state index contributed by atoms with van der Waals surface area (Å²) in [4.78, 5) is 11.4. The first-order chi connectivity index (χ1) is 12.5. The van der Waals surface area contributed by atoms with E-state index < -0.39 is 10.0 Å². The van der Waals surface area contributed by atoms with Gasteiger partial charge in [0, 0.05) is 12.0 Å². The fourth-order valence-corrected chi connectivity index (χ4v) is 3.14. The maximum atomic E-state index is 12.0. The molecule has 1 N–H and O–H groups in total. The third-order valence-electron chi connectivity index (χ3n) is 3.63. The summed E-state index contributed by atoms with van der Waals surface area (Å²) < 4.78 is 31.4. The molecule has 0 unspecified atom stereocenters. The highest BCUT2D eigenvalue weighted by molar-refractivity contribution is 7.92. The van der Waals surface area contributed by atoms with Gasteiger partial charge in [-0.1, -0.05) is 54.6 Å². The van der Waals surface area contributed by atoms with Crippen molar-refractivity contribution in [2.45, 2.75) is 19.8 Å². The lowest BCUT2D eigenvalue weighted by atomic mass is 10.1. The summed E-state index contributed by atoms with van der Waals surface area (Å²) in [6, 6.07) is 16.8. The van der Waals surface area contributed by atoms with Crippen molar-refractivity contribution in [1.29, 1.82) is 0 Å². The topological polar surface area (TPSA) is 72.5 Å². The second kappa shape index (κ2) is 9.89. The van der Waals surface area contributed by atoms with Gasteiger partial charge in [0.1, 0.15) is 0 Å². The molecule has 0 heterocycles. The van der Waals surface area contributed by atoms with Gasteiger partial charge in [-0.15, -0.1) is 0 Å². The van der Waals surface area contributed by atoms with Gasteiger partial charge in [-0.3, -0.25) is 4.79 Å². The van der Waals surface area contributed by atoms with Gasteiger partial charge < -0.3 is 4.74 Å². The zero-order valence-corrected chi connectivity index (χ0v) is 15.5. The molecule has 0 radical (unpaired) electrons. The summed E-state index contributed by atoms with van der Waals surface area (Å²) in [7, 11) is -3.47. The Labute approximate surface area is 154 Å². The number of hydrogen-bond acceptors (Lipinski definition) is 4. The molecule has 0 atom stereocenters. The van der Waals surface area contributed by atoms with Gasteiger partial charge in [0.2, 0.25) is 10.0 Å². The number of benzene rings is 2. The second-order valence-electron chi connectivity index (χ2n) is 5.70. The van der Waals surface area contributed by atoms with Gasteiger partial charge in [-0.25, -0.2) is 13.1 Å². The SMILES string of the molecule is CCOC(=O)Cc1ccc(CCNS(=O)(=O)/C=C/c2ccccc2)cc1. The second-order valence-corrected chi connectivity index (χ2v) is 7.35.